The van der Waals surface area contributed by atoms with Gasteiger partial charge in [0.15, 0.2) is 0 Å². The van der Waals surface area contributed by atoms with Crippen LogP contribution in [-0.4, -0.2) is 35.6 Å². The predicted octanol–water partition coefficient (Wildman–Crippen LogP) is 2.43. The van der Waals surface area contributed by atoms with Crippen LogP contribution in [0.2, 0.25) is 0 Å². The maximum atomic E-state index is 11.7. The highest BCUT2D eigenvalue weighted by Crippen LogP contribution is 2.36. The van der Waals surface area contributed by atoms with Gasteiger partial charge in [-0.3, -0.25) is 4.79 Å². The van der Waals surface area contributed by atoms with E-state index in [0.717, 1.165) is 25.2 Å². The number of piperidine rings is 1. The number of likely N-dealkylation sites (tertiary alicyclic amines) is 1. The Labute approximate surface area is 108 Å². The minimum absolute atomic E-state index is 0.679. The molecule has 0 saturated carbocycles. The molecular weight excluding hydrogens is 226 g/mol. The van der Waals surface area contributed by atoms with Crippen LogP contribution in [0.3, 0.4) is 0 Å². The minimum atomic E-state index is -0.681. The molecule has 0 bridgehead atoms. The number of aryl methyl sites for hydroxylation is 1. The van der Waals surface area contributed by atoms with Crippen molar-refractivity contribution in [2.75, 3.05) is 19.6 Å². The van der Waals surface area contributed by atoms with E-state index in [2.05, 4.69) is 11.8 Å². The third kappa shape index (κ3) is 2.27. The maximum Gasteiger partial charge on any atom is 0.314 e. The standard InChI is InChI=1S/C15H21NO2/c1-3-16-10-8-15(9-11-16,14(17)18)13-6-4-12(2)5-7-13/h4-7H,3,8-11H2,1-2H3,(H,17,18). The maximum absolute atomic E-state index is 11.7. The topological polar surface area (TPSA) is 40.5 Å². The first-order chi connectivity index (χ1) is 8.58. The molecule has 0 aromatic heterocycles. The van der Waals surface area contributed by atoms with E-state index in [1.165, 1.54) is 5.56 Å². The molecule has 0 radical (unpaired) electrons. The molecule has 0 spiro atoms. The van der Waals surface area contributed by atoms with Crippen LogP contribution in [0.1, 0.15) is 30.9 Å². The third-order valence-electron chi connectivity index (χ3n) is 4.17. The summed E-state index contributed by atoms with van der Waals surface area (Å²) in [4.78, 5) is 14.1. The predicted molar refractivity (Wildman–Crippen MR) is 71.8 cm³/mol. The number of benzene rings is 1. The lowest BCUT2D eigenvalue weighted by Crippen LogP contribution is -2.47. The third-order valence-corrected chi connectivity index (χ3v) is 4.17. The average molecular weight is 247 g/mol. The molecule has 1 fully saturated rings. The summed E-state index contributed by atoms with van der Waals surface area (Å²) in [5.41, 5.74) is 1.45. The summed E-state index contributed by atoms with van der Waals surface area (Å²) in [6, 6.07) is 7.97. The zero-order valence-corrected chi connectivity index (χ0v) is 11.1. The summed E-state index contributed by atoms with van der Waals surface area (Å²) >= 11 is 0. The Kier molecular flexibility index (Phi) is 3.71. The molecule has 3 nitrogen and oxygen atoms in total. The van der Waals surface area contributed by atoms with Crippen molar-refractivity contribution in [2.45, 2.75) is 32.1 Å². The number of carboxylic acid groups (broad SMARTS) is 1. The second kappa shape index (κ2) is 5.11. The summed E-state index contributed by atoms with van der Waals surface area (Å²) < 4.78 is 0. The van der Waals surface area contributed by atoms with E-state index >= 15 is 0 Å². The van der Waals surface area contributed by atoms with Crippen LogP contribution < -0.4 is 0 Å². The van der Waals surface area contributed by atoms with Gasteiger partial charge < -0.3 is 10.0 Å². The molecule has 1 aliphatic heterocycles. The molecule has 1 aromatic rings. The van der Waals surface area contributed by atoms with Gasteiger partial charge in [0, 0.05) is 0 Å². The van der Waals surface area contributed by atoms with Gasteiger partial charge >= 0.3 is 5.97 Å². The van der Waals surface area contributed by atoms with Crippen molar-refractivity contribution in [3.63, 3.8) is 0 Å². The lowest BCUT2D eigenvalue weighted by Gasteiger charge is -2.38. The van der Waals surface area contributed by atoms with Crippen LogP contribution in [0.15, 0.2) is 24.3 Å². The first-order valence-corrected chi connectivity index (χ1v) is 6.61. The lowest BCUT2D eigenvalue weighted by atomic mass is 9.72. The minimum Gasteiger partial charge on any atom is -0.481 e. The van der Waals surface area contributed by atoms with E-state index in [1.54, 1.807) is 0 Å². The first-order valence-electron chi connectivity index (χ1n) is 6.61. The van der Waals surface area contributed by atoms with Crippen molar-refractivity contribution in [3.8, 4) is 0 Å². The summed E-state index contributed by atoms with van der Waals surface area (Å²) in [6.45, 7) is 6.90. The van der Waals surface area contributed by atoms with Gasteiger partial charge in [0.05, 0.1) is 5.41 Å². The number of nitrogens with zero attached hydrogens (tertiary/aromatic N) is 1. The fourth-order valence-corrected chi connectivity index (χ4v) is 2.75. The van der Waals surface area contributed by atoms with Crippen molar-refractivity contribution in [1.82, 2.24) is 4.90 Å². The average Bonchev–Trinajstić information content (AvgIpc) is 2.39. The van der Waals surface area contributed by atoms with Gasteiger partial charge in [-0.25, -0.2) is 0 Å². The first kappa shape index (κ1) is 13.1. The van der Waals surface area contributed by atoms with Crippen LogP contribution in [0.25, 0.3) is 0 Å². The smallest absolute Gasteiger partial charge is 0.314 e. The highest BCUT2D eigenvalue weighted by molar-refractivity contribution is 5.81. The molecule has 0 unspecified atom stereocenters. The molecule has 98 valence electrons. The summed E-state index contributed by atoms with van der Waals surface area (Å²) in [5.74, 6) is -0.679. The highest BCUT2D eigenvalue weighted by atomic mass is 16.4. The van der Waals surface area contributed by atoms with Crippen molar-refractivity contribution < 1.29 is 9.90 Å². The highest BCUT2D eigenvalue weighted by Gasteiger charge is 2.42. The molecule has 1 saturated heterocycles. The van der Waals surface area contributed by atoms with E-state index < -0.39 is 11.4 Å². The van der Waals surface area contributed by atoms with Gasteiger partial charge in [-0.15, -0.1) is 0 Å². The Morgan fingerprint density at radius 1 is 1.28 bits per heavy atom. The Hall–Kier alpha value is -1.35. The number of carboxylic acids is 1. The molecule has 0 amide bonds. The number of carbonyl (C=O) groups is 1. The second-order valence-corrected chi connectivity index (χ2v) is 5.19. The molecular formula is C15H21NO2. The summed E-state index contributed by atoms with van der Waals surface area (Å²) in [5, 5.41) is 9.65. The quantitative estimate of drug-likeness (QED) is 0.892. The fraction of sp³-hybridized carbons (Fsp3) is 0.533. The van der Waals surface area contributed by atoms with Crippen molar-refractivity contribution in [2.24, 2.45) is 0 Å². The van der Waals surface area contributed by atoms with E-state index in [9.17, 15) is 9.90 Å². The molecule has 1 aliphatic rings. The summed E-state index contributed by atoms with van der Waals surface area (Å²) in [6.07, 6.45) is 1.42. The second-order valence-electron chi connectivity index (χ2n) is 5.19. The fourth-order valence-electron chi connectivity index (χ4n) is 2.75. The number of hydrogen-bond acceptors (Lipinski definition) is 2. The lowest BCUT2D eigenvalue weighted by molar-refractivity contribution is -0.146. The van der Waals surface area contributed by atoms with E-state index in [1.807, 2.05) is 31.2 Å². The molecule has 3 heteroatoms. The van der Waals surface area contributed by atoms with Gasteiger partial charge in [-0.1, -0.05) is 36.8 Å². The number of aliphatic carboxylic acids is 1. The molecule has 1 heterocycles. The largest absolute Gasteiger partial charge is 0.481 e. The Morgan fingerprint density at radius 3 is 2.28 bits per heavy atom. The van der Waals surface area contributed by atoms with Crippen molar-refractivity contribution >= 4 is 5.97 Å². The van der Waals surface area contributed by atoms with Crippen LogP contribution in [-0.2, 0) is 10.2 Å². The monoisotopic (exact) mass is 247 g/mol. The van der Waals surface area contributed by atoms with E-state index in [-0.39, 0.29) is 0 Å². The Bertz CT molecular complexity index is 417. The number of rotatable bonds is 3. The summed E-state index contributed by atoms with van der Waals surface area (Å²) in [7, 11) is 0. The SMILES string of the molecule is CCN1CCC(C(=O)O)(c2ccc(C)cc2)CC1. The van der Waals surface area contributed by atoms with Gasteiger partial charge in [-0.2, -0.15) is 0 Å². The van der Waals surface area contributed by atoms with Crippen LogP contribution in [0.5, 0.6) is 0 Å². The molecule has 0 aliphatic carbocycles. The zero-order valence-electron chi connectivity index (χ0n) is 11.1. The normalized spacial score (nSPS) is 19.7. The number of hydrogen-bond donors (Lipinski definition) is 1. The molecule has 0 atom stereocenters. The van der Waals surface area contributed by atoms with E-state index in [4.69, 9.17) is 0 Å². The van der Waals surface area contributed by atoms with Gasteiger partial charge in [0.1, 0.15) is 0 Å². The Balaban J connectivity index is 2.28. The zero-order chi connectivity index (χ0) is 13.2. The molecule has 18 heavy (non-hydrogen) atoms. The van der Waals surface area contributed by atoms with Gasteiger partial charge in [0.2, 0.25) is 0 Å². The molecule has 1 N–H and O–H groups in total. The van der Waals surface area contributed by atoms with Crippen LogP contribution in [0, 0.1) is 6.92 Å². The van der Waals surface area contributed by atoms with Crippen LogP contribution >= 0.6 is 0 Å². The van der Waals surface area contributed by atoms with Gasteiger partial charge in [-0.05, 0) is 45.0 Å². The van der Waals surface area contributed by atoms with E-state index in [0.29, 0.717) is 12.8 Å². The van der Waals surface area contributed by atoms with Gasteiger partial charge in [0.25, 0.3) is 0 Å². The van der Waals surface area contributed by atoms with Crippen molar-refractivity contribution in [3.05, 3.63) is 35.4 Å². The molecule has 2 rings (SSSR count). The Morgan fingerprint density at radius 2 is 1.83 bits per heavy atom. The molecule has 1 aromatic carbocycles. The van der Waals surface area contributed by atoms with Crippen molar-refractivity contribution in [1.29, 1.82) is 0 Å². The van der Waals surface area contributed by atoms with Crippen LogP contribution in [0.4, 0.5) is 0 Å².